The van der Waals surface area contributed by atoms with Gasteiger partial charge in [-0.3, -0.25) is 19.1 Å². The highest BCUT2D eigenvalue weighted by atomic mass is 35.5. The number of hydrogen-bond acceptors (Lipinski definition) is 7. The van der Waals surface area contributed by atoms with Crippen molar-refractivity contribution in [2.45, 2.75) is 39.0 Å². The maximum atomic E-state index is 13.5. The summed E-state index contributed by atoms with van der Waals surface area (Å²) < 4.78 is 6.85. The van der Waals surface area contributed by atoms with Gasteiger partial charge in [0.25, 0.3) is 5.91 Å². The molecule has 1 aliphatic rings. The summed E-state index contributed by atoms with van der Waals surface area (Å²) in [4.78, 5) is 58.3. The Kier molecular flexibility index (Phi) is 7.53. The van der Waals surface area contributed by atoms with Crippen LogP contribution in [0.25, 0.3) is 10.9 Å². The first-order chi connectivity index (χ1) is 17.9. The number of nitrogens with two attached hydrogens (primary N) is 1. The topological polar surface area (TPSA) is 153 Å². The zero-order valence-electron chi connectivity index (χ0n) is 21.2. The van der Waals surface area contributed by atoms with E-state index < -0.39 is 35.5 Å². The molecule has 200 valence electrons. The van der Waals surface area contributed by atoms with Gasteiger partial charge in [-0.05, 0) is 39.0 Å². The van der Waals surface area contributed by atoms with E-state index in [4.69, 9.17) is 22.1 Å². The lowest BCUT2D eigenvalue weighted by molar-refractivity contribution is -0.142. The smallest absolute Gasteiger partial charge is 0.410 e. The van der Waals surface area contributed by atoms with Crippen molar-refractivity contribution in [3.63, 3.8) is 0 Å². The minimum atomic E-state index is -1.05. The minimum absolute atomic E-state index is 0.0458. The van der Waals surface area contributed by atoms with E-state index in [9.17, 15) is 19.2 Å². The Bertz CT molecular complexity index is 1400. The van der Waals surface area contributed by atoms with Gasteiger partial charge in [0.2, 0.25) is 11.8 Å². The minimum Gasteiger partial charge on any atom is -0.444 e. The molecule has 0 aliphatic carbocycles. The van der Waals surface area contributed by atoms with E-state index in [1.807, 2.05) is 0 Å². The van der Waals surface area contributed by atoms with Gasteiger partial charge in [-0.1, -0.05) is 35.9 Å². The maximum Gasteiger partial charge on any atom is 0.410 e. The van der Waals surface area contributed by atoms with Gasteiger partial charge >= 0.3 is 6.09 Å². The summed E-state index contributed by atoms with van der Waals surface area (Å²) in [6.07, 6.45) is -0.590. The Morgan fingerprint density at radius 1 is 1.11 bits per heavy atom. The number of benzene rings is 1. The number of amides is 4. The van der Waals surface area contributed by atoms with Crippen LogP contribution in [-0.4, -0.2) is 79.7 Å². The Labute approximate surface area is 223 Å². The molecule has 0 radical (unpaired) electrons. The van der Waals surface area contributed by atoms with Crippen LogP contribution in [0.4, 0.5) is 10.6 Å². The van der Waals surface area contributed by atoms with E-state index in [-0.39, 0.29) is 42.8 Å². The third kappa shape index (κ3) is 6.02. The van der Waals surface area contributed by atoms with Crippen LogP contribution < -0.4 is 11.1 Å². The summed E-state index contributed by atoms with van der Waals surface area (Å²) >= 11 is 5.94. The van der Waals surface area contributed by atoms with Crippen molar-refractivity contribution in [3.05, 3.63) is 53.3 Å². The van der Waals surface area contributed by atoms with E-state index >= 15 is 0 Å². The van der Waals surface area contributed by atoms with Gasteiger partial charge in [0.15, 0.2) is 5.69 Å². The van der Waals surface area contributed by atoms with Gasteiger partial charge < -0.3 is 25.6 Å². The number of carbonyl (C=O) groups is 4. The second kappa shape index (κ2) is 10.7. The highest BCUT2D eigenvalue weighted by molar-refractivity contribution is 6.29. The van der Waals surface area contributed by atoms with Crippen molar-refractivity contribution >= 4 is 52.1 Å². The summed E-state index contributed by atoms with van der Waals surface area (Å²) in [7, 11) is 0. The van der Waals surface area contributed by atoms with Crippen molar-refractivity contribution < 1.29 is 23.9 Å². The number of para-hydroxylation sites is 1. The fourth-order valence-electron chi connectivity index (χ4n) is 4.13. The molecule has 0 spiro atoms. The molecule has 3 aromatic rings. The van der Waals surface area contributed by atoms with Crippen LogP contribution in [0.2, 0.25) is 5.15 Å². The molecule has 1 aromatic carbocycles. The number of pyridine rings is 1. The summed E-state index contributed by atoms with van der Waals surface area (Å²) in [5.41, 5.74) is 5.33. The SMILES string of the molecule is CC(C)(C)OC(=O)N1CCN(C(=O)Cn2nc(C(N)=O)c3ccccc32)[C@H](C(=O)Nc2cccc(Cl)n2)C1. The second-order valence-electron chi connectivity index (χ2n) is 9.75. The molecule has 1 atom stereocenters. The van der Waals surface area contributed by atoms with E-state index in [1.165, 1.54) is 14.5 Å². The molecule has 2 aromatic heterocycles. The second-order valence-corrected chi connectivity index (χ2v) is 10.1. The predicted molar refractivity (Wildman–Crippen MR) is 139 cm³/mol. The van der Waals surface area contributed by atoms with Crippen LogP contribution in [-0.2, 0) is 20.9 Å². The zero-order chi connectivity index (χ0) is 27.6. The highest BCUT2D eigenvalue weighted by Gasteiger charge is 2.38. The quantitative estimate of drug-likeness (QED) is 0.470. The summed E-state index contributed by atoms with van der Waals surface area (Å²) in [6, 6.07) is 10.6. The molecule has 1 aliphatic heterocycles. The number of ether oxygens (including phenoxy) is 1. The van der Waals surface area contributed by atoms with Crippen LogP contribution in [0.15, 0.2) is 42.5 Å². The van der Waals surface area contributed by atoms with Crippen LogP contribution >= 0.6 is 11.6 Å². The number of rotatable bonds is 5. The average Bonchev–Trinajstić information content (AvgIpc) is 3.21. The summed E-state index contributed by atoms with van der Waals surface area (Å²) in [6.45, 7) is 5.11. The number of fused-ring (bicyclic) bond motifs is 1. The number of anilines is 1. The molecule has 12 nitrogen and oxygen atoms in total. The Morgan fingerprint density at radius 2 is 1.84 bits per heavy atom. The van der Waals surface area contributed by atoms with E-state index in [2.05, 4.69) is 15.4 Å². The fraction of sp³-hybridized carbons (Fsp3) is 0.360. The lowest BCUT2D eigenvalue weighted by atomic mass is 10.1. The third-order valence-electron chi connectivity index (χ3n) is 5.80. The average molecular weight is 542 g/mol. The van der Waals surface area contributed by atoms with Crippen molar-refractivity contribution in [1.29, 1.82) is 0 Å². The first-order valence-electron chi connectivity index (χ1n) is 11.9. The fourth-order valence-corrected chi connectivity index (χ4v) is 4.30. The van der Waals surface area contributed by atoms with Crippen LogP contribution in [0.3, 0.4) is 0 Å². The van der Waals surface area contributed by atoms with Gasteiger partial charge in [-0.25, -0.2) is 9.78 Å². The zero-order valence-corrected chi connectivity index (χ0v) is 21.9. The number of nitrogens with one attached hydrogen (secondary N) is 1. The summed E-state index contributed by atoms with van der Waals surface area (Å²) in [5, 5.41) is 7.61. The van der Waals surface area contributed by atoms with E-state index in [1.54, 1.807) is 63.2 Å². The predicted octanol–water partition coefficient (Wildman–Crippen LogP) is 2.27. The lowest BCUT2D eigenvalue weighted by Gasteiger charge is -2.40. The van der Waals surface area contributed by atoms with Gasteiger partial charge in [0.1, 0.15) is 29.2 Å². The van der Waals surface area contributed by atoms with E-state index in [0.717, 1.165) is 0 Å². The largest absolute Gasteiger partial charge is 0.444 e. The number of nitrogens with zero attached hydrogens (tertiary/aromatic N) is 5. The first kappa shape index (κ1) is 26.9. The van der Waals surface area contributed by atoms with Gasteiger partial charge in [-0.2, -0.15) is 5.10 Å². The van der Waals surface area contributed by atoms with Gasteiger partial charge in [0, 0.05) is 18.5 Å². The van der Waals surface area contributed by atoms with Crippen molar-refractivity contribution in [2.24, 2.45) is 5.73 Å². The van der Waals surface area contributed by atoms with E-state index in [0.29, 0.717) is 10.9 Å². The monoisotopic (exact) mass is 541 g/mol. The highest BCUT2D eigenvalue weighted by Crippen LogP contribution is 2.21. The molecule has 0 bridgehead atoms. The Hall–Kier alpha value is -4.19. The molecule has 38 heavy (non-hydrogen) atoms. The molecule has 1 fully saturated rings. The number of halogens is 1. The normalized spacial score (nSPS) is 15.8. The van der Waals surface area contributed by atoms with Crippen LogP contribution in [0.5, 0.6) is 0 Å². The Morgan fingerprint density at radius 3 is 2.53 bits per heavy atom. The molecule has 4 rings (SSSR count). The van der Waals surface area contributed by atoms with Crippen molar-refractivity contribution in [1.82, 2.24) is 24.6 Å². The number of primary amides is 1. The lowest BCUT2D eigenvalue weighted by Crippen LogP contribution is -2.61. The maximum absolute atomic E-state index is 13.5. The molecular formula is C25H28ClN7O5. The molecule has 0 unspecified atom stereocenters. The molecule has 0 saturated carbocycles. The molecule has 3 heterocycles. The van der Waals surface area contributed by atoms with Gasteiger partial charge in [0.05, 0.1) is 12.1 Å². The molecule has 13 heteroatoms. The number of hydrogen-bond donors (Lipinski definition) is 2. The molecular weight excluding hydrogens is 514 g/mol. The standard InChI is InChI=1S/C25H28ClN7O5/c1-25(2,3)38-24(37)31-11-12-32(17(13-31)23(36)29-19-10-6-9-18(26)28-19)20(34)14-33-16-8-5-4-7-15(16)21(30-33)22(27)35/h4-10,17H,11-14H2,1-3H3,(H2,27,35)(H,28,29,36)/t17-/m0/s1. The third-order valence-corrected chi connectivity index (χ3v) is 6.01. The van der Waals surface area contributed by atoms with Gasteiger partial charge in [-0.15, -0.1) is 0 Å². The van der Waals surface area contributed by atoms with Crippen LogP contribution in [0.1, 0.15) is 31.3 Å². The molecule has 4 amide bonds. The number of aromatic nitrogens is 3. The summed E-state index contributed by atoms with van der Waals surface area (Å²) in [5.74, 6) is -1.50. The Balaban J connectivity index is 1.60. The van der Waals surface area contributed by atoms with Crippen molar-refractivity contribution in [2.75, 3.05) is 25.0 Å². The molecule has 1 saturated heterocycles. The first-order valence-corrected chi connectivity index (χ1v) is 12.3. The van der Waals surface area contributed by atoms with Crippen molar-refractivity contribution in [3.8, 4) is 0 Å². The number of carbonyl (C=O) groups excluding carboxylic acids is 4. The molecule has 3 N–H and O–H groups in total. The van der Waals surface area contributed by atoms with Crippen LogP contribution in [0, 0.1) is 0 Å². The number of piperazine rings is 1.